The van der Waals surface area contributed by atoms with Crippen LogP contribution in [0, 0.1) is 5.92 Å². The Morgan fingerprint density at radius 3 is 2.52 bits per heavy atom. The van der Waals surface area contributed by atoms with Gasteiger partial charge in [0.05, 0.1) is 6.61 Å². The summed E-state index contributed by atoms with van der Waals surface area (Å²) in [5, 5.41) is 3.41. The van der Waals surface area contributed by atoms with Crippen LogP contribution in [0.25, 0.3) is 0 Å². The number of rotatable bonds is 11. The number of nitrogens with zero attached hydrogens (tertiary/aromatic N) is 3. The van der Waals surface area contributed by atoms with Gasteiger partial charge in [-0.15, -0.1) is 0 Å². The molecule has 0 spiro atoms. The van der Waals surface area contributed by atoms with Gasteiger partial charge in [0.25, 0.3) is 0 Å². The van der Waals surface area contributed by atoms with E-state index in [0.29, 0.717) is 5.92 Å². The highest BCUT2D eigenvalue weighted by Crippen LogP contribution is 2.13. The third-order valence-electron chi connectivity index (χ3n) is 4.28. The van der Waals surface area contributed by atoms with Crippen LogP contribution in [0.3, 0.4) is 0 Å². The van der Waals surface area contributed by atoms with E-state index in [-0.39, 0.29) is 0 Å². The minimum absolute atomic E-state index is 0.653. The van der Waals surface area contributed by atoms with Crippen molar-refractivity contribution in [3.63, 3.8) is 0 Å². The van der Waals surface area contributed by atoms with E-state index < -0.39 is 0 Å². The topological polar surface area (TPSA) is 40.1 Å². The zero-order chi connectivity index (χ0) is 16.9. The molecule has 1 unspecified atom stereocenters. The summed E-state index contributed by atoms with van der Waals surface area (Å²) in [6.07, 6.45) is 7.63. The molecule has 0 aromatic rings. The Bertz CT molecular complexity index is 314. The van der Waals surface area contributed by atoms with Crippen LogP contribution in [-0.2, 0) is 4.74 Å². The molecule has 0 saturated carbocycles. The summed E-state index contributed by atoms with van der Waals surface area (Å²) >= 11 is 0. The molecule has 0 bridgehead atoms. The van der Waals surface area contributed by atoms with Crippen molar-refractivity contribution in [3.8, 4) is 0 Å². The van der Waals surface area contributed by atoms with Crippen molar-refractivity contribution in [1.82, 2.24) is 15.1 Å². The lowest BCUT2D eigenvalue weighted by Gasteiger charge is -2.24. The van der Waals surface area contributed by atoms with E-state index in [0.717, 1.165) is 38.8 Å². The van der Waals surface area contributed by atoms with Crippen LogP contribution in [0.1, 0.15) is 45.4 Å². The van der Waals surface area contributed by atoms with Crippen LogP contribution < -0.4 is 5.32 Å². The summed E-state index contributed by atoms with van der Waals surface area (Å²) in [4.78, 5) is 9.31. The highest BCUT2D eigenvalue weighted by Gasteiger charge is 2.18. The third kappa shape index (κ3) is 9.82. The minimum atomic E-state index is 0.653. The first kappa shape index (κ1) is 20.2. The second kappa shape index (κ2) is 12.6. The molecule has 0 aromatic carbocycles. The van der Waals surface area contributed by atoms with E-state index in [1.807, 2.05) is 0 Å². The van der Waals surface area contributed by atoms with Crippen molar-refractivity contribution in [1.29, 1.82) is 0 Å². The molecule has 1 rings (SSSR count). The zero-order valence-corrected chi connectivity index (χ0v) is 15.8. The first-order chi connectivity index (χ1) is 11.1. The average molecular weight is 327 g/mol. The van der Waals surface area contributed by atoms with E-state index in [9.17, 15) is 0 Å². The van der Waals surface area contributed by atoms with Gasteiger partial charge in [-0.3, -0.25) is 4.99 Å². The molecule has 0 radical (unpaired) electrons. The Morgan fingerprint density at radius 2 is 1.87 bits per heavy atom. The molecule has 1 saturated heterocycles. The van der Waals surface area contributed by atoms with E-state index in [1.54, 1.807) is 0 Å². The monoisotopic (exact) mass is 326 g/mol. The van der Waals surface area contributed by atoms with E-state index in [4.69, 9.17) is 9.73 Å². The molecule has 0 aliphatic carbocycles. The van der Waals surface area contributed by atoms with E-state index in [1.165, 1.54) is 45.1 Å². The number of ether oxygens (including phenoxy) is 1. The number of guanidine groups is 1. The second-order valence-electron chi connectivity index (χ2n) is 6.92. The molecule has 5 nitrogen and oxygen atoms in total. The number of hydrogen-bond donors (Lipinski definition) is 1. The second-order valence-corrected chi connectivity index (χ2v) is 6.92. The highest BCUT2D eigenvalue weighted by molar-refractivity contribution is 5.79. The summed E-state index contributed by atoms with van der Waals surface area (Å²) in [6, 6.07) is 0. The molecule has 0 amide bonds. The van der Waals surface area contributed by atoms with Crippen LogP contribution >= 0.6 is 0 Å². The van der Waals surface area contributed by atoms with Gasteiger partial charge < -0.3 is 19.9 Å². The summed E-state index contributed by atoms with van der Waals surface area (Å²) < 4.78 is 5.47. The molecule has 1 atom stereocenters. The molecule has 1 aliphatic heterocycles. The first-order valence-corrected chi connectivity index (χ1v) is 9.35. The molecule has 1 fully saturated rings. The van der Waals surface area contributed by atoms with Gasteiger partial charge in [0.1, 0.15) is 0 Å². The summed E-state index contributed by atoms with van der Waals surface area (Å²) in [7, 11) is 6.43. The van der Waals surface area contributed by atoms with Crippen molar-refractivity contribution in [2.24, 2.45) is 10.9 Å². The maximum Gasteiger partial charge on any atom is 0.193 e. The van der Waals surface area contributed by atoms with Gasteiger partial charge in [0.15, 0.2) is 5.96 Å². The van der Waals surface area contributed by atoms with E-state index in [2.05, 4.69) is 43.2 Å². The smallest absolute Gasteiger partial charge is 0.193 e. The normalized spacial score (nSPS) is 18.7. The van der Waals surface area contributed by atoms with Gasteiger partial charge in [-0.2, -0.15) is 0 Å². The Hall–Kier alpha value is -0.810. The maximum atomic E-state index is 5.47. The lowest BCUT2D eigenvalue weighted by molar-refractivity contribution is 0.181. The highest BCUT2D eigenvalue weighted by atomic mass is 16.5. The Kier molecular flexibility index (Phi) is 11.1. The van der Waals surface area contributed by atoms with Gasteiger partial charge in [0, 0.05) is 39.2 Å². The summed E-state index contributed by atoms with van der Waals surface area (Å²) in [6.45, 7) is 8.05. The molecule has 5 heteroatoms. The molecule has 1 N–H and O–H groups in total. The predicted molar refractivity (Wildman–Crippen MR) is 99.2 cm³/mol. The zero-order valence-electron chi connectivity index (χ0n) is 15.8. The van der Waals surface area contributed by atoms with Crippen LogP contribution in [0.2, 0.25) is 0 Å². The van der Waals surface area contributed by atoms with Crippen LogP contribution in [0.5, 0.6) is 0 Å². The fourth-order valence-corrected chi connectivity index (χ4v) is 2.93. The van der Waals surface area contributed by atoms with Gasteiger partial charge in [0.2, 0.25) is 0 Å². The molecule has 1 aliphatic rings. The van der Waals surface area contributed by atoms with Crippen LogP contribution in [-0.4, -0.2) is 76.3 Å². The lowest BCUT2D eigenvalue weighted by atomic mass is 10.1. The van der Waals surface area contributed by atoms with Gasteiger partial charge in [-0.1, -0.05) is 19.3 Å². The fraction of sp³-hybridized carbons (Fsp3) is 0.944. The van der Waals surface area contributed by atoms with Crippen LogP contribution in [0.4, 0.5) is 0 Å². The largest absolute Gasteiger partial charge is 0.381 e. The van der Waals surface area contributed by atoms with Crippen molar-refractivity contribution < 1.29 is 4.74 Å². The number of hydrogen-bond acceptors (Lipinski definition) is 3. The fourth-order valence-electron chi connectivity index (χ4n) is 2.93. The Balaban J connectivity index is 2.17. The molecular weight excluding hydrogens is 288 g/mol. The van der Waals surface area contributed by atoms with Crippen molar-refractivity contribution in [2.75, 3.05) is 60.5 Å². The molecule has 1 heterocycles. The number of unbranched alkanes of at least 4 members (excludes halogenated alkanes) is 4. The summed E-state index contributed by atoms with van der Waals surface area (Å²) in [5.74, 6) is 1.70. The van der Waals surface area contributed by atoms with Crippen molar-refractivity contribution in [2.45, 2.75) is 45.4 Å². The standard InChI is InChI=1S/C18H38N4O/c1-5-19-18(22(4)15-17-11-14-23-16-17)20-12-9-7-6-8-10-13-21(2)3/h17H,5-16H2,1-4H3,(H,19,20). The van der Waals surface area contributed by atoms with Crippen molar-refractivity contribution >= 4 is 5.96 Å². The van der Waals surface area contributed by atoms with E-state index >= 15 is 0 Å². The van der Waals surface area contributed by atoms with Gasteiger partial charge in [-0.05, 0) is 46.8 Å². The predicted octanol–water partition coefficient (Wildman–Crippen LogP) is 2.43. The van der Waals surface area contributed by atoms with Gasteiger partial charge >= 0.3 is 0 Å². The lowest BCUT2D eigenvalue weighted by Crippen LogP contribution is -2.41. The maximum absolute atomic E-state index is 5.47. The Morgan fingerprint density at radius 1 is 1.13 bits per heavy atom. The average Bonchev–Trinajstić information content (AvgIpc) is 3.01. The first-order valence-electron chi connectivity index (χ1n) is 9.35. The SMILES string of the molecule is CCNC(=NCCCCCCCN(C)C)N(C)CC1CCOC1. The summed E-state index contributed by atoms with van der Waals surface area (Å²) in [5.41, 5.74) is 0. The number of nitrogens with one attached hydrogen (secondary N) is 1. The van der Waals surface area contributed by atoms with Crippen LogP contribution in [0.15, 0.2) is 4.99 Å². The molecule has 136 valence electrons. The molecular formula is C18H38N4O. The Labute approximate surface area is 143 Å². The quantitative estimate of drug-likeness (QED) is 0.360. The van der Waals surface area contributed by atoms with Gasteiger partial charge in [-0.25, -0.2) is 0 Å². The molecule has 23 heavy (non-hydrogen) atoms. The molecule has 0 aromatic heterocycles. The minimum Gasteiger partial charge on any atom is -0.381 e. The third-order valence-corrected chi connectivity index (χ3v) is 4.28. The number of aliphatic imine (C=N–C) groups is 1. The van der Waals surface area contributed by atoms with Crippen molar-refractivity contribution in [3.05, 3.63) is 0 Å².